The SMILES string of the molecule is Nc1cccc(-c2ccc(S(=O)(=O)NCc3ccncc3)cc2)c1. The smallest absolute Gasteiger partial charge is 0.240 e. The number of aromatic nitrogens is 1. The Labute approximate surface area is 141 Å². The quantitative estimate of drug-likeness (QED) is 0.700. The Hall–Kier alpha value is -2.70. The Kier molecular flexibility index (Phi) is 4.59. The van der Waals surface area contributed by atoms with Gasteiger partial charge in [-0.05, 0) is 53.1 Å². The summed E-state index contributed by atoms with van der Waals surface area (Å²) in [5.41, 5.74) is 9.16. The van der Waals surface area contributed by atoms with Crippen LogP contribution in [0.1, 0.15) is 5.56 Å². The molecule has 1 aromatic heterocycles. The molecule has 3 aromatic rings. The summed E-state index contributed by atoms with van der Waals surface area (Å²) in [6, 6.07) is 17.7. The molecule has 0 amide bonds. The van der Waals surface area contributed by atoms with Crippen LogP contribution in [0.15, 0.2) is 78.0 Å². The summed E-state index contributed by atoms with van der Waals surface area (Å²) in [7, 11) is -3.56. The molecule has 24 heavy (non-hydrogen) atoms. The largest absolute Gasteiger partial charge is 0.399 e. The molecule has 0 aliphatic heterocycles. The van der Waals surface area contributed by atoms with Crippen molar-refractivity contribution in [3.63, 3.8) is 0 Å². The van der Waals surface area contributed by atoms with Gasteiger partial charge in [0.2, 0.25) is 10.0 Å². The Morgan fingerprint density at radius 1 is 0.917 bits per heavy atom. The van der Waals surface area contributed by atoms with E-state index in [-0.39, 0.29) is 11.4 Å². The first kappa shape index (κ1) is 16.2. The molecular formula is C18H17N3O2S. The molecule has 0 spiro atoms. The molecule has 3 N–H and O–H groups in total. The van der Waals surface area contributed by atoms with Gasteiger partial charge in [-0.2, -0.15) is 0 Å². The van der Waals surface area contributed by atoms with E-state index in [1.165, 1.54) is 0 Å². The summed E-state index contributed by atoms with van der Waals surface area (Å²) in [5, 5.41) is 0. The minimum absolute atomic E-state index is 0.224. The molecule has 3 rings (SSSR count). The highest BCUT2D eigenvalue weighted by Gasteiger charge is 2.13. The lowest BCUT2D eigenvalue weighted by atomic mass is 10.1. The Morgan fingerprint density at radius 3 is 2.29 bits per heavy atom. The highest BCUT2D eigenvalue weighted by molar-refractivity contribution is 7.89. The normalized spacial score (nSPS) is 11.3. The number of nitrogen functional groups attached to an aromatic ring is 1. The maximum absolute atomic E-state index is 12.4. The summed E-state index contributed by atoms with van der Waals surface area (Å²) >= 11 is 0. The molecule has 0 bridgehead atoms. The first-order valence-electron chi connectivity index (χ1n) is 7.39. The zero-order chi connectivity index (χ0) is 17.0. The molecule has 5 nitrogen and oxygen atoms in total. The summed E-state index contributed by atoms with van der Waals surface area (Å²) in [4.78, 5) is 4.13. The third kappa shape index (κ3) is 3.79. The van der Waals surface area contributed by atoms with E-state index in [4.69, 9.17) is 5.73 Å². The van der Waals surface area contributed by atoms with Crippen LogP contribution in [0.5, 0.6) is 0 Å². The van der Waals surface area contributed by atoms with Crippen LogP contribution in [0.2, 0.25) is 0 Å². The standard InChI is InChI=1S/C18H17N3O2S/c19-17-3-1-2-16(12-17)15-4-6-18(7-5-15)24(22,23)21-13-14-8-10-20-11-9-14/h1-12,21H,13,19H2. The van der Waals surface area contributed by atoms with Crippen LogP contribution in [0, 0.1) is 0 Å². The van der Waals surface area contributed by atoms with E-state index in [0.717, 1.165) is 16.7 Å². The van der Waals surface area contributed by atoms with Gasteiger partial charge in [-0.15, -0.1) is 0 Å². The Balaban J connectivity index is 1.77. The molecule has 0 atom stereocenters. The van der Waals surface area contributed by atoms with Gasteiger partial charge in [0, 0.05) is 24.6 Å². The second-order valence-electron chi connectivity index (χ2n) is 5.33. The Bertz CT molecular complexity index is 924. The molecule has 0 saturated carbocycles. The number of rotatable bonds is 5. The average molecular weight is 339 g/mol. The monoisotopic (exact) mass is 339 g/mol. The second kappa shape index (κ2) is 6.82. The third-order valence-electron chi connectivity index (χ3n) is 3.60. The molecule has 122 valence electrons. The van der Waals surface area contributed by atoms with Gasteiger partial charge in [0.05, 0.1) is 4.90 Å². The maximum Gasteiger partial charge on any atom is 0.240 e. The van der Waals surface area contributed by atoms with Crippen LogP contribution in [0.3, 0.4) is 0 Å². The second-order valence-corrected chi connectivity index (χ2v) is 7.10. The van der Waals surface area contributed by atoms with E-state index in [1.807, 2.05) is 24.3 Å². The van der Waals surface area contributed by atoms with Crippen molar-refractivity contribution in [3.8, 4) is 11.1 Å². The van der Waals surface area contributed by atoms with Crippen LogP contribution in [0.4, 0.5) is 5.69 Å². The number of pyridine rings is 1. The zero-order valence-electron chi connectivity index (χ0n) is 12.9. The molecule has 1 heterocycles. The highest BCUT2D eigenvalue weighted by atomic mass is 32.2. The average Bonchev–Trinajstić information content (AvgIpc) is 2.61. The van der Waals surface area contributed by atoms with Gasteiger partial charge in [0.1, 0.15) is 0 Å². The number of nitrogens with zero attached hydrogens (tertiary/aromatic N) is 1. The fraction of sp³-hybridized carbons (Fsp3) is 0.0556. The minimum atomic E-state index is -3.56. The minimum Gasteiger partial charge on any atom is -0.399 e. The zero-order valence-corrected chi connectivity index (χ0v) is 13.7. The van der Waals surface area contributed by atoms with Gasteiger partial charge in [-0.1, -0.05) is 24.3 Å². The van der Waals surface area contributed by atoms with E-state index < -0.39 is 10.0 Å². The van der Waals surface area contributed by atoms with Crippen LogP contribution in [0.25, 0.3) is 11.1 Å². The molecule has 0 fully saturated rings. The van der Waals surface area contributed by atoms with Crippen molar-refractivity contribution in [2.75, 3.05) is 5.73 Å². The molecule has 6 heteroatoms. The van der Waals surface area contributed by atoms with E-state index >= 15 is 0 Å². The van der Waals surface area contributed by atoms with E-state index in [1.54, 1.807) is 48.8 Å². The summed E-state index contributed by atoms with van der Waals surface area (Å²) in [6.07, 6.45) is 3.26. The van der Waals surface area contributed by atoms with Crippen molar-refractivity contribution in [1.82, 2.24) is 9.71 Å². The highest BCUT2D eigenvalue weighted by Crippen LogP contribution is 2.23. The van der Waals surface area contributed by atoms with Crippen LogP contribution in [-0.4, -0.2) is 13.4 Å². The van der Waals surface area contributed by atoms with E-state index in [2.05, 4.69) is 9.71 Å². The fourth-order valence-electron chi connectivity index (χ4n) is 2.31. The van der Waals surface area contributed by atoms with Gasteiger partial charge in [0.15, 0.2) is 0 Å². The van der Waals surface area contributed by atoms with E-state index in [9.17, 15) is 8.42 Å². The van der Waals surface area contributed by atoms with Gasteiger partial charge in [-0.25, -0.2) is 13.1 Å². The molecule has 2 aromatic carbocycles. The lowest BCUT2D eigenvalue weighted by Gasteiger charge is -2.08. The lowest BCUT2D eigenvalue weighted by Crippen LogP contribution is -2.23. The number of hydrogen-bond acceptors (Lipinski definition) is 4. The maximum atomic E-state index is 12.4. The van der Waals surface area contributed by atoms with Crippen molar-refractivity contribution in [2.45, 2.75) is 11.4 Å². The Morgan fingerprint density at radius 2 is 1.62 bits per heavy atom. The van der Waals surface area contributed by atoms with Crippen LogP contribution >= 0.6 is 0 Å². The van der Waals surface area contributed by atoms with Crippen molar-refractivity contribution in [3.05, 3.63) is 78.6 Å². The number of hydrogen-bond donors (Lipinski definition) is 2. The first-order valence-corrected chi connectivity index (χ1v) is 8.87. The fourth-order valence-corrected chi connectivity index (χ4v) is 3.32. The number of sulfonamides is 1. The third-order valence-corrected chi connectivity index (χ3v) is 5.02. The van der Waals surface area contributed by atoms with Crippen LogP contribution in [-0.2, 0) is 16.6 Å². The van der Waals surface area contributed by atoms with Gasteiger partial charge in [0.25, 0.3) is 0 Å². The molecular weight excluding hydrogens is 322 g/mol. The number of nitrogens with two attached hydrogens (primary N) is 1. The summed E-state index contributed by atoms with van der Waals surface area (Å²) in [6.45, 7) is 0.224. The van der Waals surface area contributed by atoms with Crippen molar-refractivity contribution < 1.29 is 8.42 Å². The summed E-state index contributed by atoms with van der Waals surface area (Å²) < 4.78 is 27.3. The number of benzene rings is 2. The molecule has 0 unspecified atom stereocenters. The van der Waals surface area contributed by atoms with Gasteiger partial charge in [-0.3, -0.25) is 4.98 Å². The van der Waals surface area contributed by atoms with Gasteiger partial charge < -0.3 is 5.73 Å². The van der Waals surface area contributed by atoms with Gasteiger partial charge >= 0.3 is 0 Å². The first-order chi connectivity index (χ1) is 11.5. The van der Waals surface area contributed by atoms with Crippen LogP contribution < -0.4 is 10.5 Å². The van der Waals surface area contributed by atoms with Crippen molar-refractivity contribution >= 4 is 15.7 Å². The predicted octanol–water partition coefficient (Wildman–Crippen LogP) is 2.81. The predicted molar refractivity (Wildman–Crippen MR) is 94.6 cm³/mol. The van der Waals surface area contributed by atoms with E-state index in [0.29, 0.717) is 5.69 Å². The topological polar surface area (TPSA) is 85.1 Å². The van der Waals surface area contributed by atoms with Crippen molar-refractivity contribution in [1.29, 1.82) is 0 Å². The molecule has 0 aliphatic carbocycles. The van der Waals surface area contributed by atoms with Crippen molar-refractivity contribution in [2.24, 2.45) is 0 Å². The number of anilines is 1. The molecule has 0 aliphatic rings. The molecule has 0 radical (unpaired) electrons. The lowest BCUT2D eigenvalue weighted by molar-refractivity contribution is 0.581. The molecule has 0 saturated heterocycles. The summed E-state index contributed by atoms with van der Waals surface area (Å²) in [5.74, 6) is 0. The number of nitrogens with one attached hydrogen (secondary N) is 1.